The molecule has 5 heteroatoms. The SMILES string of the molecule is COc1cc(Cl)c(C2(CN)COC2)cc1Cl. The lowest BCUT2D eigenvalue weighted by molar-refractivity contribution is -0.0549. The topological polar surface area (TPSA) is 44.5 Å². The average Bonchev–Trinajstić information content (AvgIpc) is 2.22. The van der Waals surface area contributed by atoms with Crippen molar-refractivity contribution in [2.75, 3.05) is 26.9 Å². The monoisotopic (exact) mass is 261 g/mol. The lowest BCUT2D eigenvalue weighted by atomic mass is 9.78. The average molecular weight is 262 g/mol. The van der Waals surface area contributed by atoms with E-state index in [1.165, 1.54) is 0 Å². The lowest BCUT2D eigenvalue weighted by Crippen LogP contribution is -2.52. The Bertz CT molecular complexity index is 400. The molecule has 1 aromatic carbocycles. The third kappa shape index (κ3) is 1.78. The quantitative estimate of drug-likeness (QED) is 0.908. The Labute approximate surface area is 104 Å². The van der Waals surface area contributed by atoms with Crippen molar-refractivity contribution >= 4 is 23.2 Å². The van der Waals surface area contributed by atoms with Crippen LogP contribution in [0.15, 0.2) is 12.1 Å². The van der Waals surface area contributed by atoms with E-state index in [1.807, 2.05) is 6.07 Å². The van der Waals surface area contributed by atoms with Gasteiger partial charge in [0, 0.05) is 17.6 Å². The fourth-order valence-electron chi connectivity index (χ4n) is 1.82. The van der Waals surface area contributed by atoms with E-state index in [1.54, 1.807) is 13.2 Å². The van der Waals surface area contributed by atoms with Gasteiger partial charge in [-0.05, 0) is 11.6 Å². The molecule has 2 rings (SSSR count). The first-order valence-electron chi connectivity index (χ1n) is 4.94. The number of halogens is 2. The summed E-state index contributed by atoms with van der Waals surface area (Å²) >= 11 is 12.3. The molecule has 16 heavy (non-hydrogen) atoms. The summed E-state index contributed by atoms with van der Waals surface area (Å²) in [5.41, 5.74) is 6.53. The van der Waals surface area contributed by atoms with E-state index in [-0.39, 0.29) is 5.41 Å². The van der Waals surface area contributed by atoms with E-state index in [2.05, 4.69) is 0 Å². The number of benzene rings is 1. The van der Waals surface area contributed by atoms with Gasteiger partial charge in [-0.3, -0.25) is 0 Å². The summed E-state index contributed by atoms with van der Waals surface area (Å²) in [6, 6.07) is 3.53. The first-order chi connectivity index (χ1) is 7.63. The molecular formula is C11H13Cl2NO2. The zero-order chi connectivity index (χ0) is 11.8. The van der Waals surface area contributed by atoms with Gasteiger partial charge in [0.2, 0.25) is 0 Å². The maximum atomic E-state index is 6.21. The molecule has 0 spiro atoms. The Morgan fingerprint density at radius 1 is 1.38 bits per heavy atom. The molecule has 0 unspecified atom stereocenters. The molecule has 0 saturated carbocycles. The van der Waals surface area contributed by atoms with E-state index in [0.717, 1.165) is 5.56 Å². The molecule has 1 saturated heterocycles. The number of nitrogens with two attached hydrogens (primary N) is 1. The molecule has 88 valence electrons. The molecule has 2 N–H and O–H groups in total. The van der Waals surface area contributed by atoms with Gasteiger partial charge < -0.3 is 15.2 Å². The molecule has 0 amide bonds. The normalized spacial score (nSPS) is 18.0. The minimum atomic E-state index is -0.188. The van der Waals surface area contributed by atoms with Crippen LogP contribution in [0.2, 0.25) is 10.0 Å². The second-order valence-corrected chi connectivity index (χ2v) is 4.76. The minimum Gasteiger partial charge on any atom is -0.495 e. The molecule has 1 aliphatic heterocycles. The van der Waals surface area contributed by atoms with Crippen molar-refractivity contribution in [3.05, 3.63) is 27.7 Å². The van der Waals surface area contributed by atoms with E-state index in [9.17, 15) is 0 Å². The van der Waals surface area contributed by atoms with Crippen molar-refractivity contribution < 1.29 is 9.47 Å². The standard InChI is InChI=1S/C11H13Cl2NO2/c1-15-10-3-8(12)7(2-9(10)13)11(4-14)5-16-6-11/h2-3H,4-6,14H2,1H3. The number of methoxy groups -OCH3 is 1. The van der Waals surface area contributed by atoms with Crippen LogP contribution >= 0.6 is 23.2 Å². The van der Waals surface area contributed by atoms with Crippen LogP contribution in [-0.2, 0) is 10.2 Å². The largest absolute Gasteiger partial charge is 0.495 e. The van der Waals surface area contributed by atoms with Gasteiger partial charge in [0.15, 0.2) is 0 Å². The highest BCUT2D eigenvalue weighted by atomic mass is 35.5. The van der Waals surface area contributed by atoms with E-state index >= 15 is 0 Å². The van der Waals surface area contributed by atoms with Gasteiger partial charge in [0.1, 0.15) is 5.75 Å². The maximum absolute atomic E-state index is 6.21. The minimum absolute atomic E-state index is 0.188. The Morgan fingerprint density at radius 2 is 2.06 bits per heavy atom. The molecular weight excluding hydrogens is 249 g/mol. The molecule has 0 atom stereocenters. The van der Waals surface area contributed by atoms with Crippen LogP contribution in [-0.4, -0.2) is 26.9 Å². The van der Waals surface area contributed by atoms with Crippen molar-refractivity contribution in [2.24, 2.45) is 5.73 Å². The van der Waals surface area contributed by atoms with Crippen LogP contribution in [0.5, 0.6) is 5.75 Å². The van der Waals surface area contributed by atoms with Crippen molar-refractivity contribution in [3.63, 3.8) is 0 Å². The molecule has 1 heterocycles. The summed E-state index contributed by atoms with van der Waals surface area (Å²) in [6.07, 6.45) is 0. The summed E-state index contributed by atoms with van der Waals surface area (Å²) in [5, 5.41) is 1.16. The Kier molecular flexibility index (Phi) is 3.31. The summed E-state index contributed by atoms with van der Waals surface area (Å²) in [5.74, 6) is 0.572. The van der Waals surface area contributed by atoms with Crippen LogP contribution in [0, 0.1) is 0 Å². The second kappa shape index (κ2) is 4.41. The first-order valence-corrected chi connectivity index (χ1v) is 5.70. The predicted molar refractivity (Wildman–Crippen MR) is 64.6 cm³/mol. The van der Waals surface area contributed by atoms with Crippen LogP contribution in [0.4, 0.5) is 0 Å². The van der Waals surface area contributed by atoms with Gasteiger partial charge in [-0.1, -0.05) is 23.2 Å². The summed E-state index contributed by atoms with van der Waals surface area (Å²) in [6.45, 7) is 1.67. The molecule has 1 aliphatic rings. The Morgan fingerprint density at radius 3 is 2.50 bits per heavy atom. The Balaban J connectivity index is 2.45. The molecule has 0 aromatic heterocycles. The number of hydrogen-bond donors (Lipinski definition) is 1. The highest BCUT2D eigenvalue weighted by Crippen LogP contribution is 2.40. The third-order valence-corrected chi connectivity index (χ3v) is 3.57. The summed E-state index contributed by atoms with van der Waals surface area (Å²) in [4.78, 5) is 0. The second-order valence-electron chi connectivity index (χ2n) is 3.94. The third-order valence-electron chi connectivity index (χ3n) is 2.96. The highest BCUT2D eigenvalue weighted by molar-refractivity contribution is 6.34. The molecule has 1 aromatic rings. The maximum Gasteiger partial charge on any atom is 0.138 e. The Hall–Kier alpha value is -0.480. The van der Waals surface area contributed by atoms with E-state index in [0.29, 0.717) is 35.6 Å². The van der Waals surface area contributed by atoms with Crippen LogP contribution in [0.1, 0.15) is 5.56 Å². The van der Waals surface area contributed by atoms with Gasteiger partial charge >= 0.3 is 0 Å². The van der Waals surface area contributed by atoms with Crippen molar-refractivity contribution in [1.82, 2.24) is 0 Å². The van der Waals surface area contributed by atoms with Crippen LogP contribution < -0.4 is 10.5 Å². The number of hydrogen-bond acceptors (Lipinski definition) is 3. The fraction of sp³-hybridized carbons (Fsp3) is 0.455. The smallest absolute Gasteiger partial charge is 0.138 e. The van der Waals surface area contributed by atoms with Crippen molar-refractivity contribution in [3.8, 4) is 5.75 Å². The zero-order valence-corrected chi connectivity index (χ0v) is 10.4. The molecule has 0 bridgehead atoms. The number of rotatable bonds is 3. The number of ether oxygens (including phenoxy) is 2. The van der Waals surface area contributed by atoms with Gasteiger partial charge in [0.25, 0.3) is 0 Å². The zero-order valence-electron chi connectivity index (χ0n) is 8.93. The predicted octanol–water partition coefficient (Wildman–Crippen LogP) is 2.23. The lowest BCUT2D eigenvalue weighted by Gasteiger charge is -2.41. The summed E-state index contributed by atoms with van der Waals surface area (Å²) < 4.78 is 10.3. The van der Waals surface area contributed by atoms with E-state index in [4.69, 9.17) is 38.4 Å². The molecule has 3 nitrogen and oxygen atoms in total. The van der Waals surface area contributed by atoms with Crippen LogP contribution in [0.3, 0.4) is 0 Å². The van der Waals surface area contributed by atoms with Crippen molar-refractivity contribution in [2.45, 2.75) is 5.41 Å². The van der Waals surface area contributed by atoms with Gasteiger partial charge in [-0.2, -0.15) is 0 Å². The molecule has 0 aliphatic carbocycles. The fourth-order valence-corrected chi connectivity index (χ4v) is 2.42. The van der Waals surface area contributed by atoms with Gasteiger partial charge in [0.05, 0.1) is 30.8 Å². The van der Waals surface area contributed by atoms with E-state index < -0.39 is 0 Å². The highest BCUT2D eigenvalue weighted by Gasteiger charge is 2.41. The summed E-state index contributed by atoms with van der Waals surface area (Å²) in [7, 11) is 1.56. The van der Waals surface area contributed by atoms with Gasteiger partial charge in [-0.25, -0.2) is 0 Å². The van der Waals surface area contributed by atoms with Crippen LogP contribution in [0.25, 0.3) is 0 Å². The molecule has 0 radical (unpaired) electrons. The van der Waals surface area contributed by atoms with Crippen molar-refractivity contribution in [1.29, 1.82) is 0 Å². The molecule has 1 fully saturated rings. The first kappa shape index (κ1) is 12.0. The van der Waals surface area contributed by atoms with Gasteiger partial charge in [-0.15, -0.1) is 0 Å².